The predicted octanol–water partition coefficient (Wildman–Crippen LogP) is 1.34. The van der Waals surface area contributed by atoms with Gasteiger partial charge < -0.3 is 19.9 Å². The number of ether oxygens (including phenoxy) is 1. The predicted molar refractivity (Wildman–Crippen MR) is 121 cm³/mol. The second kappa shape index (κ2) is 8.83. The molecule has 0 unspecified atom stereocenters. The highest BCUT2D eigenvalue weighted by molar-refractivity contribution is 5.97. The molecule has 10 heteroatoms. The summed E-state index contributed by atoms with van der Waals surface area (Å²) in [6, 6.07) is 7.20. The lowest BCUT2D eigenvalue weighted by Gasteiger charge is -2.33. The number of carbonyl (C=O) groups is 2. The Morgan fingerprint density at radius 1 is 1.27 bits per heavy atom. The molecule has 0 spiro atoms. The lowest BCUT2D eigenvalue weighted by Crippen LogP contribution is -2.55. The highest BCUT2D eigenvalue weighted by Gasteiger charge is 2.31. The molecule has 0 bridgehead atoms. The standard InChI is InChI=1S/C23H23N7O3/c1-2-21(31)29-10-11-33-14-20(29)23(32)25-8-5-15-12-17-16(6-9-24-22(17)28-15)18-13-27-30-19(18)4-3-7-26-30/h2-4,6-7,9,12-13,20H,1,5,8,10-11,14H2,(H,24,28)(H,25,32)/t20-/m1/s1. The first-order valence-corrected chi connectivity index (χ1v) is 10.7. The van der Waals surface area contributed by atoms with Crippen LogP contribution in [0, 0.1) is 0 Å². The lowest BCUT2D eigenvalue weighted by atomic mass is 10.1. The third kappa shape index (κ3) is 3.96. The van der Waals surface area contributed by atoms with E-state index in [1.807, 2.05) is 24.3 Å². The Bertz CT molecular complexity index is 1340. The summed E-state index contributed by atoms with van der Waals surface area (Å²) in [5, 5.41) is 12.4. The largest absolute Gasteiger partial charge is 0.377 e. The van der Waals surface area contributed by atoms with Crippen LogP contribution in [-0.2, 0) is 20.7 Å². The fourth-order valence-corrected chi connectivity index (χ4v) is 4.13. The van der Waals surface area contributed by atoms with Gasteiger partial charge in [-0.3, -0.25) is 9.59 Å². The van der Waals surface area contributed by atoms with E-state index in [9.17, 15) is 9.59 Å². The molecular formula is C23H23N7O3. The zero-order valence-electron chi connectivity index (χ0n) is 17.9. The highest BCUT2D eigenvalue weighted by Crippen LogP contribution is 2.30. The van der Waals surface area contributed by atoms with Gasteiger partial charge in [-0.2, -0.15) is 14.8 Å². The molecule has 1 fully saturated rings. The van der Waals surface area contributed by atoms with Crippen LogP contribution >= 0.6 is 0 Å². The van der Waals surface area contributed by atoms with E-state index in [0.29, 0.717) is 26.1 Å². The summed E-state index contributed by atoms with van der Waals surface area (Å²) in [5.74, 6) is -0.505. The number of pyridine rings is 1. The van der Waals surface area contributed by atoms with Crippen molar-refractivity contribution in [1.82, 2.24) is 35.0 Å². The van der Waals surface area contributed by atoms with E-state index >= 15 is 0 Å². The molecule has 5 heterocycles. The molecule has 4 aromatic heterocycles. The fourth-order valence-electron chi connectivity index (χ4n) is 4.13. The van der Waals surface area contributed by atoms with E-state index in [-0.39, 0.29) is 18.4 Å². The molecule has 4 aromatic rings. The molecule has 1 aliphatic heterocycles. The Morgan fingerprint density at radius 2 is 2.18 bits per heavy atom. The van der Waals surface area contributed by atoms with Gasteiger partial charge >= 0.3 is 0 Å². The maximum absolute atomic E-state index is 12.7. The number of carbonyl (C=O) groups excluding carboxylic acids is 2. The second-order valence-corrected chi connectivity index (χ2v) is 7.74. The summed E-state index contributed by atoms with van der Waals surface area (Å²) in [5.41, 5.74) is 4.60. The van der Waals surface area contributed by atoms with Crippen LogP contribution in [0.15, 0.2) is 55.5 Å². The number of hydrogen-bond donors (Lipinski definition) is 2. The Balaban J connectivity index is 1.30. The van der Waals surface area contributed by atoms with Crippen molar-refractivity contribution in [2.24, 2.45) is 0 Å². The Morgan fingerprint density at radius 3 is 3.06 bits per heavy atom. The number of hydrogen-bond acceptors (Lipinski definition) is 6. The minimum atomic E-state index is -0.649. The van der Waals surface area contributed by atoms with E-state index in [4.69, 9.17) is 4.74 Å². The van der Waals surface area contributed by atoms with Crippen molar-refractivity contribution in [2.75, 3.05) is 26.3 Å². The van der Waals surface area contributed by atoms with Crippen LogP contribution in [0.5, 0.6) is 0 Å². The smallest absolute Gasteiger partial charge is 0.246 e. The van der Waals surface area contributed by atoms with Gasteiger partial charge in [0.25, 0.3) is 0 Å². The first kappa shape index (κ1) is 20.8. The van der Waals surface area contributed by atoms with Crippen molar-refractivity contribution in [3.8, 4) is 11.1 Å². The number of H-pyrrole nitrogens is 1. The second-order valence-electron chi connectivity index (χ2n) is 7.74. The molecule has 1 atom stereocenters. The summed E-state index contributed by atoms with van der Waals surface area (Å²) in [4.78, 5) is 34.0. The maximum atomic E-state index is 12.7. The van der Waals surface area contributed by atoms with Crippen molar-refractivity contribution in [2.45, 2.75) is 12.5 Å². The van der Waals surface area contributed by atoms with Crippen molar-refractivity contribution in [3.05, 3.63) is 61.2 Å². The third-order valence-corrected chi connectivity index (χ3v) is 5.76. The summed E-state index contributed by atoms with van der Waals surface area (Å²) < 4.78 is 6.99. The first-order chi connectivity index (χ1) is 16.2. The molecule has 2 N–H and O–H groups in total. The van der Waals surface area contributed by atoms with Gasteiger partial charge in [0.15, 0.2) is 0 Å². The normalized spacial score (nSPS) is 16.2. The first-order valence-electron chi connectivity index (χ1n) is 10.7. The summed E-state index contributed by atoms with van der Waals surface area (Å²) in [7, 11) is 0. The summed E-state index contributed by atoms with van der Waals surface area (Å²) in [6.07, 6.45) is 7.06. The molecule has 0 aromatic carbocycles. The average Bonchev–Trinajstić information content (AvgIpc) is 3.47. The van der Waals surface area contributed by atoms with Gasteiger partial charge in [0.05, 0.1) is 24.9 Å². The fraction of sp³-hybridized carbons (Fsp3) is 0.261. The maximum Gasteiger partial charge on any atom is 0.246 e. The number of amides is 2. The van der Waals surface area contributed by atoms with Crippen LogP contribution in [0.25, 0.3) is 27.7 Å². The molecule has 0 radical (unpaired) electrons. The number of morpholine rings is 1. The van der Waals surface area contributed by atoms with E-state index in [0.717, 1.165) is 33.4 Å². The molecule has 168 valence electrons. The van der Waals surface area contributed by atoms with Gasteiger partial charge in [0.1, 0.15) is 11.7 Å². The van der Waals surface area contributed by atoms with Gasteiger partial charge in [0, 0.05) is 48.5 Å². The quantitative estimate of drug-likeness (QED) is 0.433. The third-order valence-electron chi connectivity index (χ3n) is 5.76. The number of fused-ring (bicyclic) bond motifs is 2. The number of aromatic nitrogens is 5. The summed E-state index contributed by atoms with van der Waals surface area (Å²) >= 11 is 0. The number of nitrogens with zero attached hydrogens (tertiary/aromatic N) is 5. The van der Waals surface area contributed by atoms with Crippen molar-refractivity contribution >= 4 is 28.4 Å². The highest BCUT2D eigenvalue weighted by atomic mass is 16.5. The minimum Gasteiger partial charge on any atom is -0.377 e. The van der Waals surface area contributed by atoms with E-state index in [1.54, 1.807) is 23.2 Å². The number of aromatic amines is 1. The Hall–Kier alpha value is -4.05. The van der Waals surface area contributed by atoms with Crippen LogP contribution < -0.4 is 5.32 Å². The van der Waals surface area contributed by atoms with Gasteiger partial charge in [0.2, 0.25) is 11.8 Å². The van der Waals surface area contributed by atoms with Gasteiger partial charge in [-0.15, -0.1) is 0 Å². The van der Waals surface area contributed by atoms with Crippen molar-refractivity contribution in [1.29, 1.82) is 0 Å². The Kier molecular flexibility index (Phi) is 5.57. The molecule has 33 heavy (non-hydrogen) atoms. The molecule has 0 aliphatic carbocycles. The summed E-state index contributed by atoms with van der Waals surface area (Å²) in [6.45, 7) is 4.89. The minimum absolute atomic E-state index is 0.180. The SMILES string of the molecule is C=CC(=O)N1CCOC[C@@H]1C(=O)NCCc1cc2c(-c3cnn4ncccc34)ccnc2[nH]1. The van der Waals surface area contributed by atoms with Crippen LogP contribution in [0.3, 0.4) is 0 Å². The molecule has 2 amide bonds. The zero-order valence-corrected chi connectivity index (χ0v) is 17.9. The van der Waals surface area contributed by atoms with E-state index < -0.39 is 6.04 Å². The van der Waals surface area contributed by atoms with Crippen LogP contribution in [0.2, 0.25) is 0 Å². The number of rotatable bonds is 6. The monoisotopic (exact) mass is 445 g/mol. The van der Waals surface area contributed by atoms with Crippen molar-refractivity contribution in [3.63, 3.8) is 0 Å². The van der Waals surface area contributed by atoms with Crippen LogP contribution in [0.1, 0.15) is 5.69 Å². The number of nitrogens with one attached hydrogen (secondary N) is 2. The Labute approximate surface area is 189 Å². The van der Waals surface area contributed by atoms with Gasteiger partial charge in [-0.1, -0.05) is 6.58 Å². The molecule has 1 aliphatic rings. The molecule has 10 nitrogen and oxygen atoms in total. The molecule has 5 rings (SSSR count). The topological polar surface area (TPSA) is 118 Å². The zero-order chi connectivity index (χ0) is 22.8. The molecule has 1 saturated heterocycles. The lowest BCUT2D eigenvalue weighted by molar-refractivity contribution is -0.145. The van der Waals surface area contributed by atoms with Crippen molar-refractivity contribution < 1.29 is 14.3 Å². The van der Waals surface area contributed by atoms with Gasteiger partial charge in [-0.05, 0) is 35.9 Å². The average molecular weight is 445 g/mol. The van der Waals surface area contributed by atoms with Crippen LogP contribution in [0.4, 0.5) is 0 Å². The molecular weight excluding hydrogens is 422 g/mol. The van der Waals surface area contributed by atoms with Crippen LogP contribution in [-0.4, -0.2) is 73.9 Å². The molecule has 0 saturated carbocycles. The van der Waals surface area contributed by atoms with E-state index in [1.165, 1.54) is 11.0 Å². The van der Waals surface area contributed by atoms with E-state index in [2.05, 4.69) is 32.1 Å². The van der Waals surface area contributed by atoms with Gasteiger partial charge in [-0.25, -0.2) is 4.98 Å².